The molecule has 1 saturated heterocycles. The average molecular weight is 334 g/mol. The molecule has 1 atom stereocenters. The summed E-state index contributed by atoms with van der Waals surface area (Å²) in [4.78, 5) is 0.283. The van der Waals surface area contributed by atoms with Crippen molar-refractivity contribution in [2.24, 2.45) is 0 Å². The highest BCUT2D eigenvalue weighted by Crippen LogP contribution is 2.27. The Balaban J connectivity index is 2.19. The molecule has 100 valence electrons. The maximum Gasteiger partial charge on any atom is 0.182 e. The SMILES string of the molecule is Nc1ccc(S(=O)(=O)CC2CCCCO2)c(Br)c1. The van der Waals surface area contributed by atoms with E-state index >= 15 is 0 Å². The maximum absolute atomic E-state index is 12.3. The quantitative estimate of drug-likeness (QED) is 0.862. The van der Waals surface area contributed by atoms with Gasteiger partial charge < -0.3 is 10.5 Å². The Labute approximate surface area is 116 Å². The van der Waals surface area contributed by atoms with Crippen molar-refractivity contribution in [1.29, 1.82) is 0 Å². The molecular weight excluding hydrogens is 318 g/mol. The Morgan fingerprint density at radius 3 is 2.78 bits per heavy atom. The number of sulfone groups is 1. The van der Waals surface area contributed by atoms with E-state index in [-0.39, 0.29) is 16.8 Å². The second-order valence-corrected chi connectivity index (χ2v) is 7.32. The number of nitrogen functional groups attached to an aromatic ring is 1. The molecule has 0 bridgehead atoms. The first-order valence-corrected chi connectivity index (χ1v) is 8.33. The normalized spacial score (nSPS) is 20.8. The van der Waals surface area contributed by atoms with E-state index in [1.54, 1.807) is 12.1 Å². The van der Waals surface area contributed by atoms with Gasteiger partial charge in [-0.15, -0.1) is 0 Å². The van der Waals surface area contributed by atoms with Gasteiger partial charge in [-0.1, -0.05) is 0 Å². The van der Waals surface area contributed by atoms with Gasteiger partial charge in [0.15, 0.2) is 9.84 Å². The number of hydrogen-bond acceptors (Lipinski definition) is 4. The summed E-state index contributed by atoms with van der Waals surface area (Å²) >= 11 is 3.25. The molecule has 0 saturated carbocycles. The van der Waals surface area contributed by atoms with Gasteiger partial charge >= 0.3 is 0 Å². The van der Waals surface area contributed by atoms with Crippen LogP contribution < -0.4 is 5.73 Å². The van der Waals surface area contributed by atoms with Gasteiger partial charge in [0.2, 0.25) is 0 Å². The first-order chi connectivity index (χ1) is 8.49. The fraction of sp³-hybridized carbons (Fsp3) is 0.500. The van der Waals surface area contributed by atoms with Crippen molar-refractivity contribution in [2.45, 2.75) is 30.3 Å². The highest BCUT2D eigenvalue weighted by molar-refractivity contribution is 9.10. The molecule has 1 fully saturated rings. The lowest BCUT2D eigenvalue weighted by Gasteiger charge is -2.22. The standard InChI is InChI=1S/C12H16BrNO3S/c13-11-7-9(14)4-5-12(11)18(15,16)8-10-3-1-2-6-17-10/h4-5,7,10H,1-3,6,8,14H2. The molecule has 1 unspecified atom stereocenters. The molecule has 2 N–H and O–H groups in total. The van der Waals surface area contributed by atoms with Crippen molar-refractivity contribution in [3.8, 4) is 0 Å². The van der Waals surface area contributed by atoms with Crippen molar-refractivity contribution in [2.75, 3.05) is 18.1 Å². The lowest BCUT2D eigenvalue weighted by atomic mass is 10.1. The molecule has 4 nitrogen and oxygen atoms in total. The third kappa shape index (κ3) is 3.24. The molecule has 0 aromatic heterocycles. The van der Waals surface area contributed by atoms with Gasteiger partial charge in [-0.05, 0) is 53.4 Å². The lowest BCUT2D eigenvalue weighted by molar-refractivity contribution is 0.0305. The molecule has 1 aliphatic rings. The highest BCUT2D eigenvalue weighted by atomic mass is 79.9. The summed E-state index contributed by atoms with van der Waals surface area (Å²) in [7, 11) is -3.33. The number of hydrogen-bond donors (Lipinski definition) is 1. The van der Waals surface area contributed by atoms with Gasteiger partial charge in [-0.25, -0.2) is 8.42 Å². The summed E-state index contributed by atoms with van der Waals surface area (Å²) in [6.45, 7) is 0.656. The molecule has 1 aliphatic heterocycles. The Kier molecular flexibility index (Phi) is 4.29. The Hall–Kier alpha value is -0.590. The second-order valence-electron chi connectivity index (χ2n) is 4.46. The van der Waals surface area contributed by atoms with Crippen LogP contribution in [0.25, 0.3) is 0 Å². The Bertz CT molecular complexity index is 524. The third-order valence-corrected chi connectivity index (χ3v) is 5.73. The summed E-state index contributed by atoms with van der Waals surface area (Å²) in [6.07, 6.45) is 2.67. The number of halogens is 1. The van der Waals surface area contributed by atoms with E-state index in [9.17, 15) is 8.42 Å². The minimum Gasteiger partial charge on any atom is -0.399 e. The minimum absolute atomic E-state index is 0.0372. The second kappa shape index (κ2) is 5.59. The van der Waals surface area contributed by atoms with Gasteiger partial charge in [-0.2, -0.15) is 0 Å². The molecule has 1 aromatic rings. The van der Waals surface area contributed by atoms with Crippen LogP contribution in [0.1, 0.15) is 19.3 Å². The van der Waals surface area contributed by atoms with E-state index in [2.05, 4.69) is 15.9 Å². The predicted molar refractivity (Wildman–Crippen MR) is 74.2 cm³/mol. The van der Waals surface area contributed by atoms with Crippen LogP contribution in [0.5, 0.6) is 0 Å². The Morgan fingerprint density at radius 2 is 2.17 bits per heavy atom. The van der Waals surface area contributed by atoms with Gasteiger partial charge in [0.05, 0.1) is 16.8 Å². The molecule has 0 spiro atoms. The van der Waals surface area contributed by atoms with E-state index in [0.717, 1.165) is 19.3 Å². The fourth-order valence-electron chi connectivity index (χ4n) is 2.04. The summed E-state index contributed by atoms with van der Waals surface area (Å²) in [6, 6.07) is 4.74. The van der Waals surface area contributed by atoms with Crippen LogP contribution in [0.3, 0.4) is 0 Å². The predicted octanol–water partition coefficient (Wildman–Crippen LogP) is 2.37. The van der Waals surface area contributed by atoms with E-state index in [1.807, 2.05) is 0 Å². The summed E-state index contributed by atoms with van der Waals surface area (Å²) in [5.74, 6) is 0.0372. The molecular formula is C12H16BrNO3S. The van der Waals surface area contributed by atoms with Crippen LogP contribution in [0.15, 0.2) is 27.6 Å². The molecule has 18 heavy (non-hydrogen) atoms. The topological polar surface area (TPSA) is 69.4 Å². The molecule has 0 radical (unpaired) electrons. The van der Waals surface area contributed by atoms with Crippen LogP contribution in [-0.2, 0) is 14.6 Å². The molecule has 6 heteroatoms. The zero-order valence-electron chi connectivity index (χ0n) is 9.93. The number of rotatable bonds is 3. The van der Waals surface area contributed by atoms with Crippen LogP contribution in [0.4, 0.5) is 5.69 Å². The van der Waals surface area contributed by atoms with Crippen LogP contribution in [0.2, 0.25) is 0 Å². The maximum atomic E-state index is 12.3. The third-order valence-electron chi connectivity index (χ3n) is 2.97. The van der Waals surface area contributed by atoms with E-state index in [1.165, 1.54) is 6.07 Å². The lowest BCUT2D eigenvalue weighted by Crippen LogP contribution is -2.27. The van der Waals surface area contributed by atoms with Gasteiger partial charge in [-0.3, -0.25) is 0 Å². The molecule has 2 rings (SSSR count). The zero-order chi connectivity index (χ0) is 13.2. The smallest absolute Gasteiger partial charge is 0.182 e. The van der Waals surface area contributed by atoms with Crippen LogP contribution >= 0.6 is 15.9 Å². The van der Waals surface area contributed by atoms with Crippen LogP contribution in [-0.4, -0.2) is 26.9 Å². The zero-order valence-corrected chi connectivity index (χ0v) is 12.3. The van der Waals surface area contributed by atoms with Crippen molar-refractivity contribution >= 4 is 31.5 Å². The van der Waals surface area contributed by atoms with Crippen LogP contribution in [0, 0.1) is 0 Å². The van der Waals surface area contributed by atoms with Crippen molar-refractivity contribution in [3.63, 3.8) is 0 Å². The molecule has 1 heterocycles. The molecule has 0 amide bonds. The highest BCUT2D eigenvalue weighted by Gasteiger charge is 2.25. The summed E-state index contributed by atoms with van der Waals surface area (Å²) in [5.41, 5.74) is 6.14. The number of benzene rings is 1. The monoisotopic (exact) mass is 333 g/mol. The first-order valence-electron chi connectivity index (χ1n) is 5.88. The Morgan fingerprint density at radius 1 is 1.39 bits per heavy atom. The minimum atomic E-state index is -3.33. The summed E-state index contributed by atoms with van der Waals surface area (Å²) in [5, 5.41) is 0. The van der Waals surface area contributed by atoms with Gasteiger partial charge in [0.1, 0.15) is 0 Å². The average Bonchev–Trinajstić information content (AvgIpc) is 2.29. The summed E-state index contributed by atoms with van der Waals surface area (Å²) < 4.78 is 30.6. The van der Waals surface area contributed by atoms with E-state index in [0.29, 0.717) is 16.8 Å². The van der Waals surface area contributed by atoms with E-state index in [4.69, 9.17) is 10.5 Å². The van der Waals surface area contributed by atoms with E-state index < -0.39 is 9.84 Å². The van der Waals surface area contributed by atoms with Crippen molar-refractivity contribution in [1.82, 2.24) is 0 Å². The van der Waals surface area contributed by atoms with Crippen molar-refractivity contribution in [3.05, 3.63) is 22.7 Å². The number of anilines is 1. The molecule has 0 aliphatic carbocycles. The molecule has 1 aromatic carbocycles. The number of nitrogens with two attached hydrogens (primary N) is 1. The first kappa shape index (κ1) is 13.8. The van der Waals surface area contributed by atoms with Gasteiger partial charge in [0, 0.05) is 16.8 Å². The number of ether oxygens (including phenoxy) is 1. The fourth-order valence-corrected chi connectivity index (χ4v) is 4.74. The van der Waals surface area contributed by atoms with Gasteiger partial charge in [0.25, 0.3) is 0 Å². The largest absolute Gasteiger partial charge is 0.399 e. The van der Waals surface area contributed by atoms with Crippen molar-refractivity contribution < 1.29 is 13.2 Å².